The maximum absolute atomic E-state index is 9.26. The maximum atomic E-state index is 9.26. The van der Waals surface area contributed by atoms with Crippen LogP contribution in [0.25, 0.3) is 0 Å². The van der Waals surface area contributed by atoms with Crippen molar-refractivity contribution in [3.8, 4) is 11.5 Å². The first-order valence-electron chi connectivity index (χ1n) is 7.09. The molecule has 0 unspecified atom stereocenters. The molecule has 0 radical (unpaired) electrons. The quantitative estimate of drug-likeness (QED) is 0.868. The van der Waals surface area contributed by atoms with E-state index in [-0.39, 0.29) is 6.10 Å². The number of para-hydroxylation sites is 1. The molecular formula is C15H21NO3. The average molecular weight is 263 g/mol. The second-order valence-corrected chi connectivity index (χ2v) is 5.42. The summed E-state index contributed by atoms with van der Waals surface area (Å²) < 4.78 is 11.5. The van der Waals surface area contributed by atoms with E-state index in [1.54, 1.807) is 0 Å². The Morgan fingerprint density at radius 2 is 2.05 bits per heavy atom. The van der Waals surface area contributed by atoms with Gasteiger partial charge in [-0.05, 0) is 31.4 Å². The monoisotopic (exact) mass is 263 g/mol. The smallest absolute Gasteiger partial charge is 0.165 e. The summed E-state index contributed by atoms with van der Waals surface area (Å²) >= 11 is 0. The lowest BCUT2D eigenvalue weighted by molar-refractivity contribution is 0.0429. The lowest BCUT2D eigenvalue weighted by Crippen LogP contribution is -2.35. The van der Waals surface area contributed by atoms with Crippen LogP contribution in [0.3, 0.4) is 0 Å². The molecule has 1 saturated carbocycles. The summed E-state index contributed by atoms with van der Waals surface area (Å²) in [6.45, 7) is 3.20. The van der Waals surface area contributed by atoms with Gasteiger partial charge in [-0.3, -0.25) is 0 Å². The Hall–Kier alpha value is -1.26. The zero-order valence-electron chi connectivity index (χ0n) is 11.1. The summed E-state index contributed by atoms with van der Waals surface area (Å²) in [6, 6.07) is 6.06. The van der Waals surface area contributed by atoms with Crippen molar-refractivity contribution in [1.82, 2.24) is 5.32 Å². The van der Waals surface area contributed by atoms with Crippen molar-refractivity contribution in [2.24, 2.45) is 5.92 Å². The molecule has 0 amide bonds. The highest BCUT2D eigenvalue weighted by Gasteiger charge is 2.26. The molecule has 0 saturated heterocycles. The SMILES string of the molecule is OC1CC(CNCc2cccc3c2OCCCO3)C1. The predicted octanol–water partition coefficient (Wildman–Crippen LogP) is 1.71. The Balaban J connectivity index is 1.58. The standard InChI is InChI=1S/C15H21NO3/c17-13-7-11(8-13)9-16-10-12-3-1-4-14-15(12)19-6-2-5-18-14/h1,3-4,11,13,16-17H,2,5-10H2. The fourth-order valence-corrected chi connectivity index (χ4v) is 2.67. The molecule has 4 nitrogen and oxygen atoms in total. The first-order chi connectivity index (χ1) is 9.33. The van der Waals surface area contributed by atoms with Gasteiger partial charge >= 0.3 is 0 Å². The Kier molecular flexibility index (Phi) is 3.89. The molecule has 2 aliphatic rings. The van der Waals surface area contributed by atoms with Gasteiger partial charge in [0, 0.05) is 18.5 Å². The summed E-state index contributed by atoms with van der Waals surface area (Å²) in [7, 11) is 0. The summed E-state index contributed by atoms with van der Waals surface area (Å²) in [5, 5.41) is 12.7. The van der Waals surface area contributed by atoms with E-state index in [0.29, 0.717) is 5.92 Å². The van der Waals surface area contributed by atoms with Gasteiger partial charge in [-0.1, -0.05) is 12.1 Å². The molecule has 19 heavy (non-hydrogen) atoms. The molecule has 0 bridgehead atoms. The number of nitrogens with one attached hydrogen (secondary N) is 1. The first-order valence-corrected chi connectivity index (χ1v) is 7.09. The van der Waals surface area contributed by atoms with Crippen molar-refractivity contribution in [1.29, 1.82) is 0 Å². The first kappa shape index (κ1) is 12.8. The third-order valence-corrected chi connectivity index (χ3v) is 3.81. The largest absolute Gasteiger partial charge is 0.490 e. The summed E-state index contributed by atoms with van der Waals surface area (Å²) in [4.78, 5) is 0. The van der Waals surface area contributed by atoms with E-state index >= 15 is 0 Å². The highest BCUT2D eigenvalue weighted by molar-refractivity contribution is 5.47. The number of fused-ring (bicyclic) bond motifs is 1. The van der Waals surface area contributed by atoms with E-state index in [1.165, 1.54) is 0 Å². The average Bonchev–Trinajstić information content (AvgIpc) is 2.62. The molecule has 3 rings (SSSR count). The van der Waals surface area contributed by atoms with Crippen LogP contribution in [0.2, 0.25) is 0 Å². The van der Waals surface area contributed by atoms with Gasteiger partial charge in [0.05, 0.1) is 19.3 Å². The van der Waals surface area contributed by atoms with Crippen LogP contribution in [0.1, 0.15) is 24.8 Å². The Labute approximate surface area is 113 Å². The highest BCUT2D eigenvalue weighted by Crippen LogP contribution is 2.33. The number of hydrogen-bond acceptors (Lipinski definition) is 4. The second kappa shape index (κ2) is 5.80. The third-order valence-electron chi connectivity index (χ3n) is 3.81. The minimum absolute atomic E-state index is 0.0727. The number of rotatable bonds is 4. The van der Waals surface area contributed by atoms with Crippen LogP contribution < -0.4 is 14.8 Å². The van der Waals surface area contributed by atoms with Crippen LogP contribution in [-0.2, 0) is 6.54 Å². The zero-order chi connectivity index (χ0) is 13.1. The van der Waals surface area contributed by atoms with E-state index in [2.05, 4.69) is 11.4 Å². The molecule has 0 spiro atoms. The van der Waals surface area contributed by atoms with Crippen molar-refractivity contribution in [3.05, 3.63) is 23.8 Å². The lowest BCUT2D eigenvalue weighted by atomic mass is 9.82. The van der Waals surface area contributed by atoms with Crippen molar-refractivity contribution < 1.29 is 14.6 Å². The minimum Gasteiger partial charge on any atom is -0.490 e. The van der Waals surface area contributed by atoms with Crippen molar-refractivity contribution in [3.63, 3.8) is 0 Å². The Morgan fingerprint density at radius 1 is 1.21 bits per heavy atom. The van der Waals surface area contributed by atoms with Crippen LogP contribution in [0, 0.1) is 5.92 Å². The Morgan fingerprint density at radius 3 is 2.89 bits per heavy atom. The molecule has 0 aromatic heterocycles. The molecule has 104 valence electrons. The van der Waals surface area contributed by atoms with Crippen molar-refractivity contribution in [2.45, 2.75) is 31.9 Å². The molecule has 2 N–H and O–H groups in total. The molecular weight excluding hydrogens is 242 g/mol. The number of benzene rings is 1. The van der Waals surface area contributed by atoms with Crippen LogP contribution in [0.5, 0.6) is 11.5 Å². The van der Waals surface area contributed by atoms with Crippen LogP contribution in [-0.4, -0.2) is 31.0 Å². The molecule has 1 fully saturated rings. The predicted molar refractivity (Wildman–Crippen MR) is 72.5 cm³/mol. The molecule has 1 aromatic carbocycles. The van der Waals surface area contributed by atoms with E-state index in [4.69, 9.17) is 9.47 Å². The normalized spacial score (nSPS) is 25.5. The van der Waals surface area contributed by atoms with Crippen LogP contribution in [0.15, 0.2) is 18.2 Å². The van der Waals surface area contributed by atoms with Crippen molar-refractivity contribution in [2.75, 3.05) is 19.8 Å². The molecule has 0 atom stereocenters. The van der Waals surface area contributed by atoms with E-state index < -0.39 is 0 Å². The molecule has 1 aliphatic heterocycles. The molecule has 1 heterocycles. The molecule has 4 heteroatoms. The highest BCUT2D eigenvalue weighted by atomic mass is 16.5. The number of ether oxygens (including phenoxy) is 2. The maximum Gasteiger partial charge on any atom is 0.165 e. The number of aliphatic hydroxyl groups is 1. The fourth-order valence-electron chi connectivity index (χ4n) is 2.67. The van der Waals surface area contributed by atoms with Gasteiger partial charge in [-0.15, -0.1) is 0 Å². The second-order valence-electron chi connectivity index (χ2n) is 5.42. The number of hydrogen-bond donors (Lipinski definition) is 2. The van der Waals surface area contributed by atoms with Crippen LogP contribution in [0.4, 0.5) is 0 Å². The number of aliphatic hydroxyl groups excluding tert-OH is 1. The zero-order valence-corrected chi connectivity index (χ0v) is 11.1. The summed E-state index contributed by atoms with van der Waals surface area (Å²) in [5.74, 6) is 2.37. The topological polar surface area (TPSA) is 50.7 Å². The van der Waals surface area contributed by atoms with E-state index in [9.17, 15) is 5.11 Å². The van der Waals surface area contributed by atoms with Gasteiger partial charge in [0.2, 0.25) is 0 Å². The van der Waals surface area contributed by atoms with Gasteiger partial charge < -0.3 is 19.9 Å². The van der Waals surface area contributed by atoms with Gasteiger partial charge in [-0.2, -0.15) is 0 Å². The minimum atomic E-state index is -0.0727. The van der Waals surface area contributed by atoms with Gasteiger partial charge in [0.25, 0.3) is 0 Å². The van der Waals surface area contributed by atoms with Gasteiger partial charge in [-0.25, -0.2) is 0 Å². The Bertz CT molecular complexity index is 429. The van der Waals surface area contributed by atoms with Gasteiger partial charge in [0.15, 0.2) is 11.5 Å². The molecule has 1 aliphatic carbocycles. The van der Waals surface area contributed by atoms with Crippen LogP contribution >= 0.6 is 0 Å². The fraction of sp³-hybridized carbons (Fsp3) is 0.600. The third kappa shape index (κ3) is 3.01. The lowest BCUT2D eigenvalue weighted by Gasteiger charge is -2.31. The van der Waals surface area contributed by atoms with E-state index in [1.807, 2.05) is 12.1 Å². The van der Waals surface area contributed by atoms with Gasteiger partial charge in [0.1, 0.15) is 0 Å². The summed E-state index contributed by atoms with van der Waals surface area (Å²) in [6.07, 6.45) is 2.72. The molecule has 1 aromatic rings. The van der Waals surface area contributed by atoms with E-state index in [0.717, 1.165) is 62.6 Å². The van der Waals surface area contributed by atoms with Crippen molar-refractivity contribution >= 4 is 0 Å². The summed E-state index contributed by atoms with van der Waals surface area (Å²) in [5.41, 5.74) is 1.15.